The molecule has 0 spiro atoms. The van der Waals surface area contributed by atoms with Crippen LogP contribution < -0.4 is 5.73 Å². The predicted molar refractivity (Wildman–Crippen MR) is 82.6 cm³/mol. The SMILES string of the molecule is Cc1nc2nc(N)nn2c(C)c1CCC(=O)OCC(=O)N(C)C. The van der Waals surface area contributed by atoms with E-state index in [1.165, 1.54) is 4.90 Å². The normalized spacial score (nSPS) is 10.8. The van der Waals surface area contributed by atoms with Gasteiger partial charge in [0.2, 0.25) is 5.95 Å². The molecule has 23 heavy (non-hydrogen) atoms. The Morgan fingerprint density at radius 2 is 1.96 bits per heavy atom. The number of hydrogen-bond donors (Lipinski definition) is 1. The van der Waals surface area contributed by atoms with Gasteiger partial charge in [0.1, 0.15) is 0 Å². The second-order valence-corrected chi connectivity index (χ2v) is 5.39. The van der Waals surface area contributed by atoms with Gasteiger partial charge >= 0.3 is 5.97 Å². The number of rotatable bonds is 5. The Hall–Kier alpha value is -2.71. The highest BCUT2D eigenvalue weighted by molar-refractivity contribution is 5.80. The van der Waals surface area contributed by atoms with Gasteiger partial charge < -0.3 is 15.4 Å². The van der Waals surface area contributed by atoms with Crippen molar-refractivity contribution in [2.24, 2.45) is 0 Å². The Kier molecular flexibility index (Phi) is 4.77. The minimum absolute atomic E-state index is 0.152. The first-order valence-corrected chi connectivity index (χ1v) is 7.13. The number of anilines is 1. The molecule has 0 aliphatic heterocycles. The number of ether oxygens (including phenoxy) is 1. The summed E-state index contributed by atoms with van der Waals surface area (Å²) in [5.41, 5.74) is 8.06. The van der Waals surface area contributed by atoms with Crippen LogP contribution in [0.2, 0.25) is 0 Å². The highest BCUT2D eigenvalue weighted by Gasteiger charge is 2.15. The Balaban J connectivity index is 2.04. The quantitative estimate of drug-likeness (QED) is 0.764. The van der Waals surface area contributed by atoms with Crippen molar-refractivity contribution in [1.82, 2.24) is 24.5 Å². The predicted octanol–water partition coefficient (Wildman–Crippen LogP) is -0.113. The van der Waals surface area contributed by atoms with Crippen molar-refractivity contribution < 1.29 is 14.3 Å². The van der Waals surface area contributed by atoms with Crippen LogP contribution in [0.4, 0.5) is 5.95 Å². The fourth-order valence-electron chi connectivity index (χ4n) is 2.16. The maximum atomic E-state index is 11.8. The molecule has 9 nitrogen and oxygen atoms in total. The van der Waals surface area contributed by atoms with Gasteiger partial charge in [-0.05, 0) is 25.8 Å². The van der Waals surface area contributed by atoms with Crippen LogP contribution in [-0.4, -0.2) is 57.1 Å². The summed E-state index contributed by atoms with van der Waals surface area (Å²) in [7, 11) is 3.21. The van der Waals surface area contributed by atoms with Crippen LogP contribution in [0.3, 0.4) is 0 Å². The zero-order valence-corrected chi connectivity index (χ0v) is 13.7. The van der Waals surface area contributed by atoms with Gasteiger partial charge in [-0.25, -0.2) is 4.98 Å². The third-order valence-electron chi connectivity index (χ3n) is 3.50. The smallest absolute Gasteiger partial charge is 0.306 e. The van der Waals surface area contributed by atoms with E-state index in [1.54, 1.807) is 18.6 Å². The number of carbonyl (C=O) groups excluding carboxylic acids is 2. The van der Waals surface area contributed by atoms with E-state index >= 15 is 0 Å². The molecule has 2 aromatic rings. The number of amides is 1. The first-order valence-electron chi connectivity index (χ1n) is 7.13. The molecule has 0 radical (unpaired) electrons. The fraction of sp³-hybridized carbons (Fsp3) is 0.500. The van der Waals surface area contributed by atoms with Gasteiger partial charge in [-0.1, -0.05) is 0 Å². The molecule has 0 saturated carbocycles. The number of aromatic nitrogens is 4. The molecule has 0 aliphatic carbocycles. The van der Waals surface area contributed by atoms with Gasteiger partial charge in [0.25, 0.3) is 11.7 Å². The van der Waals surface area contributed by atoms with Gasteiger partial charge in [-0.2, -0.15) is 9.50 Å². The molecule has 2 heterocycles. The van der Waals surface area contributed by atoms with Crippen LogP contribution in [-0.2, 0) is 20.7 Å². The highest BCUT2D eigenvalue weighted by Crippen LogP contribution is 2.16. The van der Waals surface area contributed by atoms with E-state index in [1.807, 2.05) is 13.8 Å². The molecular formula is C14H20N6O3. The first kappa shape index (κ1) is 16.7. The van der Waals surface area contributed by atoms with Crippen molar-refractivity contribution in [2.75, 3.05) is 26.4 Å². The zero-order valence-electron chi connectivity index (χ0n) is 13.7. The third-order valence-corrected chi connectivity index (χ3v) is 3.50. The van der Waals surface area contributed by atoms with E-state index in [-0.39, 0.29) is 24.9 Å². The number of nitrogen functional groups attached to an aromatic ring is 1. The summed E-state index contributed by atoms with van der Waals surface area (Å²) in [6, 6.07) is 0. The molecule has 2 N–H and O–H groups in total. The molecule has 0 aliphatic rings. The van der Waals surface area contributed by atoms with E-state index in [9.17, 15) is 9.59 Å². The van der Waals surface area contributed by atoms with Crippen molar-refractivity contribution in [1.29, 1.82) is 0 Å². The molecule has 0 saturated heterocycles. The number of likely N-dealkylation sites (N-methyl/N-ethyl adjacent to an activating group) is 1. The number of nitrogens with zero attached hydrogens (tertiary/aromatic N) is 5. The summed E-state index contributed by atoms with van der Waals surface area (Å²) in [5, 5.41) is 4.07. The van der Waals surface area contributed by atoms with E-state index in [4.69, 9.17) is 10.5 Å². The summed E-state index contributed by atoms with van der Waals surface area (Å²) in [4.78, 5) is 32.9. The third kappa shape index (κ3) is 3.74. The highest BCUT2D eigenvalue weighted by atomic mass is 16.5. The lowest BCUT2D eigenvalue weighted by atomic mass is 10.1. The lowest BCUT2D eigenvalue weighted by Gasteiger charge is -2.12. The number of aryl methyl sites for hydroxylation is 2. The molecule has 0 atom stereocenters. The molecule has 124 valence electrons. The van der Waals surface area contributed by atoms with Crippen molar-refractivity contribution in [3.8, 4) is 0 Å². The first-order chi connectivity index (χ1) is 10.8. The Morgan fingerprint density at radius 3 is 2.61 bits per heavy atom. The van der Waals surface area contributed by atoms with E-state index in [2.05, 4.69) is 15.1 Å². The summed E-state index contributed by atoms with van der Waals surface area (Å²) in [6.45, 7) is 3.46. The molecule has 2 rings (SSSR count). The number of fused-ring (bicyclic) bond motifs is 1. The molecule has 1 amide bonds. The average molecular weight is 320 g/mol. The molecule has 0 fully saturated rings. The minimum Gasteiger partial charge on any atom is -0.456 e. The largest absolute Gasteiger partial charge is 0.456 e. The Bertz CT molecular complexity index is 753. The van der Waals surface area contributed by atoms with Crippen molar-refractivity contribution >= 4 is 23.6 Å². The maximum Gasteiger partial charge on any atom is 0.306 e. The number of hydrogen-bond acceptors (Lipinski definition) is 7. The van der Waals surface area contributed by atoms with Crippen LogP contribution in [0.1, 0.15) is 23.4 Å². The van der Waals surface area contributed by atoms with Gasteiger partial charge in [0.05, 0.1) is 0 Å². The summed E-state index contributed by atoms with van der Waals surface area (Å²) >= 11 is 0. The molecule has 0 bridgehead atoms. The number of carbonyl (C=O) groups is 2. The second kappa shape index (κ2) is 6.59. The van der Waals surface area contributed by atoms with Gasteiger partial charge in [0, 0.05) is 31.9 Å². The summed E-state index contributed by atoms with van der Waals surface area (Å²) < 4.78 is 6.51. The Labute approximate surface area is 133 Å². The van der Waals surface area contributed by atoms with E-state index in [0.29, 0.717) is 12.2 Å². The minimum atomic E-state index is -0.433. The molecule has 0 aromatic carbocycles. The topological polar surface area (TPSA) is 116 Å². The fourth-order valence-corrected chi connectivity index (χ4v) is 2.16. The van der Waals surface area contributed by atoms with Gasteiger partial charge in [-0.15, -0.1) is 5.10 Å². The molecule has 0 unspecified atom stereocenters. The van der Waals surface area contributed by atoms with Crippen molar-refractivity contribution in [3.63, 3.8) is 0 Å². The molecule has 9 heteroatoms. The number of nitrogens with two attached hydrogens (primary N) is 1. The summed E-state index contributed by atoms with van der Waals surface area (Å²) in [5.74, 6) is -0.108. The van der Waals surface area contributed by atoms with Crippen LogP contribution in [0, 0.1) is 13.8 Å². The van der Waals surface area contributed by atoms with Crippen LogP contribution in [0.25, 0.3) is 5.78 Å². The van der Waals surface area contributed by atoms with E-state index < -0.39 is 5.97 Å². The van der Waals surface area contributed by atoms with Crippen LogP contribution >= 0.6 is 0 Å². The maximum absolute atomic E-state index is 11.8. The van der Waals surface area contributed by atoms with Crippen molar-refractivity contribution in [2.45, 2.75) is 26.7 Å². The monoisotopic (exact) mass is 320 g/mol. The second-order valence-electron chi connectivity index (χ2n) is 5.39. The Morgan fingerprint density at radius 1 is 1.26 bits per heavy atom. The standard InChI is InChI=1S/C14H20N6O3/c1-8-10(5-6-12(22)23-7-11(21)19(3)4)9(2)20-14(16-8)17-13(15)18-20/h5-7H2,1-4H3,(H2,15,18). The van der Waals surface area contributed by atoms with Gasteiger partial charge in [0.15, 0.2) is 6.61 Å². The molecule has 2 aromatic heterocycles. The summed E-state index contributed by atoms with van der Waals surface area (Å²) in [6.07, 6.45) is 0.592. The van der Waals surface area contributed by atoms with Crippen LogP contribution in [0.15, 0.2) is 0 Å². The number of esters is 1. The van der Waals surface area contributed by atoms with Crippen LogP contribution in [0.5, 0.6) is 0 Å². The van der Waals surface area contributed by atoms with Gasteiger partial charge in [-0.3, -0.25) is 9.59 Å². The lowest BCUT2D eigenvalue weighted by molar-refractivity contribution is -0.151. The van der Waals surface area contributed by atoms with E-state index in [0.717, 1.165) is 17.0 Å². The van der Waals surface area contributed by atoms with Crippen molar-refractivity contribution in [3.05, 3.63) is 17.0 Å². The zero-order chi connectivity index (χ0) is 17.1. The molecular weight excluding hydrogens is 300 g/mol. The average Bonchev–Trinajstić information content (AvgIpc) is 2.84. The lowest BCUT2D eigenvalue weighted by Crippen LogP contribution is -2.27.